The van der Waals surface area contributed by atoms with Crippen LogP contribution in [0.5, 0.6) is 0 Å². The van der Waals surface area contributed by atoms with Crippen LogP contribution in [0.15, 0.2) is 18.2 Å². The molecule has 2 fully saturated rings. The van der Waals surface area contributed by atoms with E-state index in [1.165, 1.54) is 13.0 Å². The molecule has 7 heteroatoms. The van der Waals surface area contributed by atoms with Crippen molar-refractivity contribution in [3.8, 4) is 0 Å². The topological polar surface area (TPSA) is 49.8 Å². The van der Waals surface area contributed by atoms with Gasteiger partial charge in [-0.3, -0.25) is 0 Å². The summed E-state index contributed by atoms with van der Waals surface area (Å²) in [5.74, 6) is 0. The van der Waals surface area contributed by atoms with Crippen molar-refractivity contribution in [1.29, 1.82) is 0 Å². The average molecular weight is 399 g/mol. The van der Waals surface area contributed by atoms with Crippen LogP contribution in [0.2, 0.25) is 0 Å². The fraction of sp³-hybridized carbons (Fsp3) is 0.667. The number of alkyl halides is 3. The first-order valence-electron chi connectivity index (χ1n) is 9.73. The molecule has 1 aromatic carbocycles. The van der Waals surface area contributed by atoms with E-state index in [4.69, 9.17) is 4.74 Å². The molecule has 2 atom stereocenters. The highest BCUT2D eigenvalue weighted by Crippen LogP contribution is 2.47. The minimum atomic E-state index is -4.47. The van der Waals surface area contributed by atoms with E-state index in [1.54, 1.807) is 31.7 Å². The lowest BCUT2D eigenvalue weighted by atomic mass is 9.71. The lowest BCUT2D eigenvalue weighted by Gasteiger charge is -2.52. The Bertz CT molecular complexity index is 740. The zero-order valence-electron chi connectivity index (χ0n) is 16.8. The van der Waals surface area contributed by atoms with Crippen molar-refractivity contribution in [3.63, 3.8) is 0 Å². The van der Waals surface area contributed by atoms with Crippen LogP contribution in [0, 0.1) is 6.92 Å². The second-order valence-electron chi connectivity index (χ2n) is 9.04. The van der Waals surface area contributed by atoms with E-state index in [1.807, 2.05) is 0 Å². The third kappa shape index (κ3) is 4.00. The summed E-state index contributed by atoms with van der Waals surface area (Å²) in [5, 5.41) is 11.4. The molecule has 2 aliphatic rings. The Kier molecular flexibility index (Phi) is 5.19. The van der Waals surface area contributed by atoms with E-state index in [2.05, 4.69) is 0 Å². The zero-order valence-corrected chi connectivity index (χ0v) is 16.8. The van der Waals surface area contributed by atoms with Gasteiger partial charge in [0.15, 0.2) is 0 Å². The molecule has 28 heavy (non-hydrogen) atoms. The van der Waals surface area contributed by atoms with Crippen LogP contribution in [0.4, 0.5) is 18.0 Å². The van der Waals surface area contributed by atoms with Crippen LogP contribution in [-0.4, -0.2) is 33.8 Å². The number of rotatable bonds is 1. The van der Waals surface area contributed by atoms with Gasteiger partial charge in [-0.1, -0.05) is 12.1 Å². The van der Waals surface area contributed by atoms with Crippen LogP contribution >= 0.6 is 0 Å². The highest BCUT2D eigenvalue weighted by atomic mass is 19.4. The second-order valence-corrected chi connectivity index (χ2v) is 9.04. The first-order valence-corrected chi connectivity index (χ1v) is 9.73. The van der Waals surface area contributed by atoms with Gasteiger partial charge in [-0.05, 0) is 64.2 Å². The highest BCUT2D eigenvalue weighted by Gasteiger charge is 2.50. The Morgan fingerprint density at radius 3 is 2.25 bits per heavy atom. The van der Waals surface area contributed by atoms with Crippen LogP contribution in [-0.2, 0) is 16.5 Å². The van der Waals surface area contributed by atoms with Gasteiger partial charge in [-0.15, -0.1) is 0 Å². The molecule has 1 N–H and O–H groups in total. The van der Waals surface area contributed by atoms with Gasteiger partial charge in [-0.2, -0.15) is 13.2 Å². The molecule has 4 nitrogen and oxygen atoms in total. The summed E-state index contributed by atoms with van der Waals surface area (Å²) >= 11 is 0. The van der Waals surface area contributed by atoms with Gasteiger partial charge < -0.3 is 14.7 Å². The summed E-state index contributed by atoms with van der Waals surface area (Å²) in [6, 6.07) is 3.46. The number of hydrogen-bond acceptors (Lipinski definition) is 3. The average Bonchev–Trinajstić information content (AvgIpc) is 2.51. The molecule has 2 saturated heterocycles. The number of hydrogen-bond donors (Lipinski definition) is 1. The molecule has 3 rings (SSSR count). The minimum absolute atomic E-state index is 0.0568. The summed E-state index contributed by atoms with van der Waals surface area (Å²) in [6.07, 6.45) is -2.12. The molecule has 1 amide bonds. The predicted molar refractivity (Wildman–Crippen MR) is 98.8 cm³/mol. The Balaban J connectivity index is 1.92. The van der Waals surface area contributed by atoms with Gasteiger partial charge in [0.1, 0.15) is 5.60 Å². The number of nitrogens with zero attached hydrogens (tertiary/aromatic N) is 1. The van der Waals surface area contributed by atoms with Crippen molar-refractivity contribution in [2.75, 3.05) is 0 Å². The van der Waals surface area contributed by atoms with Crippen molar-refractivity contribution in [3.05, 3.63) is 34.9 Å². The van der Waals surface area contributed by atoms with Gasteiger partial charge in [0.05, 0.1) is 11.2 Å². The standard InChI is InChI=1S/C21H28F3NO3/c1-13-16(9-6-10-17(13)21(22,23)24)20(27)11-14-7-5-8-15(12-20)25(14)18(26)28-19(2,3)4/h6,9-10,14-15,27H,5,7-8,11-12H2,1-4H3. The maximum atomic E-state index is 13.3. The number of piperidine rings is 2. The maximum Gasteiger partial charge on any atom is 0.416 e. The lowest BCUT2D eigenvalue weighted by Crippen LogP contribution is -2.59. The van der Waals surface area contributed by atoms with E-state index in [-0.39, 0.29) is 30.5 Å². The molecule has 0 radical (unpaired) electrons. The maximum absolute atomic E-state index is 13.3. The number of ether oxygens (including phenoxy) is 1. The molecule has 156 valence electrons. The first-order chi connectivity index (χ1) is 12.8. The van der Waals surface area contributed by atoms with E-state index >= 15 is 0 Å². The van der Waals surface area contributed by atoms with E-state index in [0.717, 1.165) is 12.5 Å². The van der Waals surface area contributed by atoms with E-state index in [9.17, 15) is 23.1 Å². The normalized spacial score (nSPS) is 28.2. The smallest absolute Gasteiger partial charge is 0.416 e. The van der Waals surface area contributed by atoms with Crippen LogP contribution in [0.3, 0.4) is 0 Å². The molecule has 2 heterocycles. The molecule has 0 saturated carbocycles. The van der Waals surface area contributed by atoms with Crippen molar-refractivity contribution in [1.82, 2.24) is 4.90 Å². The molecule has 0 aliphatic carbocycles. The van der Waals surface area contributed by atoms with Gasteiger partial charge in [-0.25, -0.2) is 4.79 Å². The Labute approximate surface area is 163 Å². The van der Waals surface area contributed by atoms with Crippen molar-refractivity contribution >= 4 is 6.09 Å². The van der Waals surface area contributed by atoms with Gasteiger partial charge >= 0.3 is 12.3 Å². The number of aliphatic hydroxyl groups is 1. The second kappa shape index (κ2) is 6.94. The molecular formula is C21H28F3NO3. The number of halogens is 3. The summed E-state index contributed by atoms with van der Waals surface area (Å²) in [4.78, 5) is 14.4. The van der Waals surface area contributed by atoms with Crippen LogP contribution in [0.25, 0.3) is 0 Å². The third-order valence-corrected chi connectivity index (χ3v) is 5.75. The minimum Gasteiger partial charge on any atom is -0.444 e. The van der Waals surface area contributed by atoms with E-state index < -0.39 is 29.0 Å². The molecule has 2 bridgehead atoms. The molecular weight excluding hydrogens is 371 g/mol. The van der Waals surface area contributed by atoms with Crippen LogP contribution < -0.4 is 0 Å². The number of carbonyl (C=O) groups is 1. The zero-order chi connectivity index (χ0) is 20.9. The molecule has 2 unspecified atom stereocenters. The number of fused-ring (bicyclic) bond motifs is 2. The molecule has 0 spiro atoms. The summed E-state index contributed by atoms with van der Waals surface area (Å²) in [6.45, 7) is 6.80. The summed E-state index contributed by atoms with van der Waals surface area (Å²) in [5.41, 5.74) is -2.38. The fourth-order valence-corrected chi connectivity index (χ4v) is 4.71. The van der Waals surface area contributed by atoms with Crippen LogP contribution in [0.1, 0.15) is 69.6 Å². The van der Waals surface area contributed by atoms with Gasteiger partial charge in [0, 0.05) is 24.9 Å². The Hall–Kier alpha value is -1.76. The Morgan fingerprint density at radius 2 is 1.75 bits per heavy atom. The third-order valence-electron chi connectivity index (χ3n) is 5.75. The summed E-state index contributed by atoms with van der Waals surface area (Å²) < 4.78 is 45.5. The first kappa shape index (κ1) is 21.0. The quantitative estimate of drug-likeness (QED) is 0.710. The van der Waals surface area contributed by atoms with Gasteiger partial charge in [0.2, 0.25) is 0 Å². The van der Waals surface area contributed by atoms with Gasteiger partial charge in [0.25, 0.3) is 0 Å². The van der Waals surface area contributed by atoms with Crippen molar-refractivity contribution in [2.24, 2.45) is 0 Å². The highest BCUT2D eigenvalue weighted by molar-refractivity contribution is 5.69. The number of amides is 1. The molecule has 2 aliphatic heterocycles. The monoisotopic (exact) mass is 399 g/mol. The SMILES string of the molecule is Cc1c(C(F)(F)F)cccc1C1(O)CC2CCCC(C1)N2C(=O)OC(C)(C)C. The van der Waals surface area contributed by atoms with Crippen molar-refractivity contribution in [2.45, 2.75) is 89.3 Å². The predicted octanol–water partition coefficient (Wildman–Crippen LogP) is 5.15. The fourth-order valence-electron chi connectivity index (χ4n) is 4.71. The summed E-state index contributed by atoms with van der Waals surface area (Å²) in [7, 11) is 0. The number of benzene rings is 1. The van der Waals surface area contributed by atoms with E-state index in [0.29, 0.717) is 18.4 Å². The van der Waals surface area contributed by atoms with Crippen molar-refractivity contribution < 1.29 is 27.8 Å². The lowest BCUT2D eigenvalue weighted by molar-refractivity contribution is -0.138. The number of carbonyl (C=O) groups excluding carboxylic acids is 1. The molecule has 1 aromatic rings. The largest absolute Gasteiger partial charge is 0.444 e. The molecule has 0 aromatic heterocycles. The Morgan fingerprint density at radius 1 is 1.18 bits per heavy atom.